The summed E-state index contributed by atoms with van der Waals surface area (Å²) in [5.41, 5.74) is 0. The van der Waals surface area contributed by atoms with Crippen molar-refractivity contribution >= 4 is 34.3 Å². The van der Waals surface area contributed by atoms with E-state index in [-0.39, 0.29) is 0 Å². The van der Waals surface area contributed by atoms with Crippen molar-refractivity contribution in [3.05, 3.63) is 0 Å². The van der Waals surface area contributed by atoms with Crippen LogP contribution in [-0.4, -0.2) is 22.8 Å². The average Bonchev–Trinajstić information content (AvgIpc) is 1.65. The van der Waals surface area contributed by atoms with E-state index in [1.54, 1.807) is 11.8 Å². The van der Waals surface area contributed by atoms with Gasteiger partial charge in [0.1, 0.15) is 0 Å². The lowest BCUT2D eigenvalue weighted by Gasteiger charge is -1.98. The molecule has 0 fully saturated rings. The minimum Gasteiger partial charge on any atom is -0.0924 e. The highest BCUT2D eigenvalue weighted by Crippen LogP contribution is 2.16. The van der Waals surface area contributed by atoms with Crippen LogP contribution < -0.4 is 0 Å². The number of thioether (sulfide) groups is 1. The van der Waals surface area contributed by atoms with Gasteiger partial charge < -0.3 is 0 Å². The summed E-state index contributed by atoms with van der Waals surface area (Å²) < 4.78 is 0.319. The standard InChI is InChI=1S/C4H10ClS2/c1-6-4(5)7(2)3/h4H,1-3H3/q+1. The summed E-state index contributed by atoms with van der Waals surface area (Å²) in [7, 11) is 0.368. The minimum absolute atomic E-state index is 0.319. The Hall–Kier alpha value is 0.990. The Labute approximate surface area is 57.4 Å². The van der Waals surface area contributed by atoms with Crippen LogP contribution in [-0.2, 0) is 10.9 Å². The molecule has 0 spiro atoms. The van der Waals surface area contributed by atoms with Gasteiger partial charge in [-0.2, -0.15) is 0 Å². The third-order valence-corrected chi connectivity index (χ3v) is 5.00. The molecule has 0 aliphatic rings. The molecule has 0 nitrogen and oxygen atoms in total. The Kier molecular flexibility index (Phi) is 4.48. The fraction of sp³-hybridized carbons (Fsp3) is 1.00. The van der Waals surface area contributed by atoms with Gasteiger partial charge in [0.05, 0.1) is 12.5 Å². The number of hydrogen-bond acceptors (Lipinski definition) is 1. The van der Waals surface area contributed by atoms with Crippen LogP contribution >= 0.6 is 23.4 Å². The van der Waals surface area contributed by atoms with Crippen LogP contribution in [0.1, 0.15) is 0 Å². The van der Waals surface area contributed by atoms with Crippen molar-refractivity contribution in [2.45, 2.75) is 4.04 Å². The second-order valence-corrected chi connectivity index (χ2v) is 5.82. The van der Waals surface area contributed by atoms with Gasteiger partial charge >= 0.3 is 0 Å². The molecule has 0 aromatic carbocycles. The third kappa shape index (κ3) is 3.56. The van der Waals surface area contributed by atoms with Gasteiger partial charge in [-0.25, -0.2) is 0 Å². The number of hydrogen-bond donors (Lipinski definition) is 0. The van der Waals surface area contributed by atoms with Crippen LogP contribution in [0.4, 0.5) is 0 Å². The topological polar surface area (TPSA) is 0 Å². The first-order valence-electron chi connectivity index (χ1n) is 1.91. The molecule has 0 aromatic rings. The molecule has 3 heteroatoms. The third-order valence-electron chi connectivity index (χ3n) is 0.556. The van der Waals surface area contributed by atoms with Crippen molar-refractivity contribution in [1.82, 2.24) is 0 Å². The zero-order valence-corrected chi connectivity index (χ0v) is 7.16. The van der Waals surface area contributed by atoms with E-state index in [9.17, 15) is 0 Å². The molecule has 0 aliphatic heterocycles. The molecule has 1 unspecified atom stereocenters. The fourth-order valence-electron chi connectivity index (χ4n) is 0.192. The molecule has 0 amide bonds. The molecule has 0 bridgehead atoms. The Morgan fingerprint density at radius 2 is 2.00 bits per heavy atom. The minimum atomic E-state index is 0.319. The Morgan fingerprint density at radius 3 is 2.00 bits per heavy atom. The Balaban J connectivity index is 3.14. The molecular formula is C4H10ClS2+. The van der Waals surface area contributed by atoms with Gasteiger partial charge in [0, 0.05) is 10.9 Å². The lowest BCUT2D eigenvalue weighted by molar-refractivity contribution is 1.92. The number of halogens is 1. The molecule has 7 heavy (non-hydrogen) atoms. The van der Waals surface area contributed by atoms with Gasteiger partial charge in [0.2, 0.25) is 4.04 Å². The van der Waals surface area contributed by atoms with Crippen molar-refractivity contribution in [1.29, 1.82) is 0 Å². The molecule has 0 radical (unpaired) electrons. The summed E-state index contributed by atoms with van der Waals surface area (Å²) >= 11 is 7.49. The van der Waals surface area contributed by atoms with Crippen LogP contribution in [0.5, 0.6) is 0 Å². The zero-order valence-electron chi connectivity index (χ0n) is 4.77. The molecule has 44 valence electrons. The van der Waals surface area contributed by atoms with E-state index in [2.05, 4.69) is 12.5 Å². The van der Waals surface area contributed by atoms with E-state index >= 15 is 0 Å². The second kappa shape index (κ2) is 3.93. The van der Waals surface area contributed by atoms with Crippen molar-refractivity contribution in [3.63, 3.8) is 0 Å². The van der Waals surface area contributed by atoms with Crippen LogP contribution in [0.2, 0.25) is 0 Å². The summed E-state index contributed by atoms with van der Waals surface area (Å²) in [4.78, 5) is 0. The maximum atomic E-state index is 5.78. The smallest absolute Gasteiger partial charge is 0.0924 e. The van der Waals surface area contributed by atoms with Gasteiger partial charge in [-0.15, -0.1) is 0 Å². The molecule has 0 saturated carbocycles. The largest absolute Gasteiger partial charge is 0.236 e. The zero-order chi connectivity index (χ0) is 5.86. The number of rotatable bonds is 2. The van der Waals surface area contributed by atoms with Gasteiger partial charge in [0.15, 0.2) is 0 Å². The molecule has 0 N–H and O–H groups in total. The quantitative estimate of drug-likeness (QED) is 0.435. The maximum absolute atomic E-state index is 5.78. The summed E-state index contributed by atoms with van der Waals surface area (Å²) in [5.74, 6) is 0. The van der Waals surface area contributed by atoms with Crippen molar-refractivity contribution < 1.29 is 0 Å². The monoisotopic (exact) mass is 157 g/mol. The number of alkyl halides is 1. The summed E-state index contributed by atoms with van der Waals surface area (Å²) in [6.07, 6.45) is 6.33. The molecular weight excluding hydrogens is 148 g/mol. The highest BCUT2D eigenvalue weighted by Gasteiger charge is 2.14. The van der Waals surface area contributed by atoms with Crippen molar-refractivity contribution in [2.24, 2.45) is 0 Å². The molecule has 0 rings (SSSR count). The van der Waals surface area contributed by atoms with E-state index < -0.39 is 0 Å². The summed E-state index contributed by atoms with van der Waals surface area (Å²) in [6, 6.07) is 0. The van der Waals surface area contributed by atoms with Crippen LogP contribution in [0, 0.1) is 0 Å². The van der Waals surface area contributed by atoms with Crippen LogP contribution in [0.3, 0.4) is 0 Å². The van der Waals surface area contributed by atoms with Gasteiger partial charge in [-0.1, -0.05) is 23.4 Å². The van der Waals surface area contributed by atoms with Gasteiger partial charge in [-0.3, -0.25) is 0 Å². The predicted octanol–water partition coefficient (Wildman–Crippen LogP) is 1.75. The fourth-order valence-corrected chi connectivity index (χ4v) is 1.73. The lowest BCUT2D eigenvalue weighted by Crippen LogP contribution is -2.06. The normalized spacial score (nSPS) is 15.0. The van der Waals surface area contributed by atoms with Crippen molar-refractivity contribution in [3.8, 4) is 0 Å². The van der Waals surface area contributed by atoms with Crippen molar-refractivity contribution in [2.75, 3.05) is 18.8 Å². The average molecular weight is 158 g/mol. The molecule has 1 atom stereocenters. The van der Waals surface area contributed by atoms with E-state index in [4.69, 9.17) is 11.6 Å². The lowest BCUT2D eigenvalue weighted by atomic mass is 11.8. The highest BCUT2D eigenvalue weighted by molar-refractivity contribution is 8.16. The molecule has 0 heterocycles. The Bertz CT molecular complexity index is 47.0. The molecule has 0 saturated heterocycles. The first kappa shape index (κ1) is 7.99. The SMILES string of the molecule is CSC(Cl)[S+](C)C. The summed E-state index contributed by atoms with van der Waals surface area (Å²) in [5, 5.41) is 0. The first-order valence-corrected chi connectivity index (χ1v) is 5.74. The van der Waals surface area contributed by atoms with Crippen LogP contribution in [0.15, 0.2) is 0 Å². The Morgan fingerprint density at radius 1 is 1.57 bits per heavy atom. The maximum Gasteiger partial charge on any atom is 0.236 e. The van der Waals surface area contributed by atoms with E-state index in [0.29, 0.717) is 14.9 Å². The van der Waals surface area contributed by atoms with E-state index in [1.165, 1.54) is 0 Å². The first-order chi connectivity index (χ1) is 3.18. The van der Waals surface area contributed by atoms with E-state index in [0.717, 1.165) is 0 Å². The van der Waals surface area contributed by atoms with Crippen LogP contribution in [0.25, 0.3) is 0 Å². The predicted molar refractivity (Wildman–Crippen MR) is 42.4 cm³/mol. The summed E-state index contributed by atoms with van der Waals surface area (Å²) in [6.45, 7) is 0. The van der Waals surface area contributed by atoms with E-state index in [1.807, 2.05) is 6.26 Å². The second-order valence-electron chi connectivity index (χ2n) is 1.39. The van der Waals surface area contributed by atoms with Gasteiger partial charge in [-0.05, 0) is 6.26 Å². The molecule has 0 aliphatic carbocycles. The van der Waals surface area contributed by atoms with Gasteiger partial charge in [0.25, 0.3) is 0 Å². The highest BCUT2D eigenvalue weighted by atomic mass is 35.5. The molecule has 0 aromatic heterocycles.